The number of nitrogens with one attached hydrogen (secondary N) is 1. The van der Waals surface area contributed by atoms with Crippen molar-refractivity contribution in [3.63, 3.8) is 0 Å². The highest BCUT2D eigenvalue weighted by Gasteiger charge is 2.30. The minimum Gasteiger partial charge on any atom is -0.490 e. The second-order valence-electron chi connectivity index (χ2n) is 8.16. The number of ether oxygens (including phenoxy) is 5. The Bertz CT molecular complexity index is 799. The van der Waals surface area contributed by atoms with Crippen LogP contribution in [0, 0.1) is 5.92 Å². The maximum absolute atomic E-state index is 12.6. The molecule has 1 amide bonds. The number of para-hydroxylation sites is 2. The van der Waals surface area contributed by atoms with Gasteiger partial charge in [-0.1, -0.05) is 32.6 Å². The molecule has 0 aliphatic carbocycles. The van der Waals surface area contributed by atoms with Crippen LogP contribution in [-0.4, -0.2) is 68.3 Å². The average Bonchev–Trinajstić information content (AvgIpc) is 2.76. The summed E-state index contributed by atoms with van der Waals surface area (Å²) in [5.74, 6) is 0.745. The topological polar surface area (TPSA) is 95.6 Å². The summed E-state index contributed by atoms with van der Waals surface area (Å²) in [6.07, 6.45) is -1.94. The van der Waals surface area contributed by atoms with E-state index in [1.165, 1.54) is 11.8 Å². The molecule has 1 aromatic rings. The number of hydrogen-bond acceptors (Lipinski definition) is 8. The first-order valence-corrected chi connectivity index (χ1v) is 11.3. The number of allylic oxidation sites excluding steroid dienone is 1. The van der Waals surface area contributed by atoms with E-state index in [0.717, 1.165) is 0 Å². The first kappa shape index (κ1) is 26.3. The van der Waals surface area contributed by atoms with Crippen LogP contribution in [-0.2, 0) is 19.0 Å². The molecule has 184 valence electrons. The molecule has 3 atom stereocenters. The summed E-state index contributed by atoms with van der Waals surface area (Å²) in [6, 6.07) is 6.82. The molecule has 2 unspecified atom stereocenters. The van der Waals surface area contributed by atoms with Crippen molar-refractivity contribution in [1.82, 2.24) is 10.2 Å². The van der Waals surface area contributed by atoms with Gasteiger partial charge in [0.1, 0.15) is 18.8 Å². The monoisotopic (exact) mass is 464 g/mol. The molecule has 1 aliphatic rings. The summed E-state index contributed by atoms with van der Waals surface area (Å²) >= 11 is 0. The van der Waals surface area contributed by atoms with E-state index in [1.54, 1.807) is 6.92 Å². The van der Waals surface area contributed by atoms with Gasteiger partial charge in [0.05, 0.1) is 19.8 Å². The van der Waals surface area contributed by atoms with E-state index in [0.29, 0.717) is 43.5 Å². The second kappa shape index (κ2) is 12.9. The lowest BCUT2D eigenvalue weighted by Gasteiger charge is -2.33. The highest BCUT2D eigenvalue weighted by atomic mass is 16.7. The fourth-order valence-corrected chi connectivity index (χ4v) is 3.25. The average molecular weight is 465 g/mol. The van der Waals surface area contributed by atoms with E-state index in [-0.39, 0.29) is 18.6 Å². The van der Waals surface area contributed by atoms with Gasteiger partial charge >= 0.3 is 12.1 Å². The van der Waals surface area contributed by atoms with Gasteiger partial charge in [-0.05, 0) is 31.9 Å². The number of amides is 1. The number of benzene rings is 1. The molecule has 0 saturated carbocycles. The predicted molar refractivity (Wildman–Crippen MR) is 123 cm³/mol. The maximum Gasteiger partial charge on any atom is 0.413 e. The van der Waals surface area contributed by atoms with E-state index >= 15 is 0 Å². The molecule has 1 fully saturated rings. The van der Waals surface area contributed by atoms with Gasteiger partial charge in [0.15, 0.2) is 11.5 Å². The molecular weight excluding hydrogens is 428 g/mol. The Labute approximate surface area is 196 Å². The van der Waals surface area contributed by atoms with Crippen molar-refractivity contribution in [1.29, 1.82) is 0 Å². The van der Waals surface area contributed by atoms with E-state index < -0.39 is 24.4 Å². The Morgan fingerprint density at radius 1 is 1.18 bits per heavy atom. The summed E-state index contributed by atoms with van der Waals surface area (Å²) in [6.45, 7) is 14.5. The van der Waals surface area contributed by atoms with Crippen LogP contribution in [0.5, 0.6) is 11.5 Å². The number of hydrogen-bond donors (Lipinski definition) is 1. The van der Waals surface area contributed by atoms with Gasteiger partial charge in [-0.15, -0.1) is 0 Å². The Hall–Kier alpha value is -2.94. The van der Waals surface area contributed by atoms with Crippen LogP contribution < -0.4 is 14.8 Å². The van der Waals surface area contributed by atoms with Gasteiger partial charge in [0.25, 0.3) is 0 Å². The molecule has 1 saturated heterocycles. The van der Waals surface area contributed by atoms with Gasteiger partial charge in [0.2, 0.25) is 6.29 Å². The van der Waals surface area contributed by atoms with E-state index in [9.17, 15) is 9.59 Å². The number of rotatable bonds is 11. The fourth-order valence-electron chi connectivity index (χ4n) is 3.25. The van der Waals surface area contributed by atoms with Gasteiger partial charge in [-0.2, -0.15) is 0 Å². The zero-order chi connectivity index (χ0) is 24.4. The van der Waals surface area contributed by atoms with Crippen molar-refractivity contribution in [2.45, 2.75) is 53.1 Å². The lowest BCUT2D eigenvalue weighted by atomic mass is 10.0. The van der Waals surface area contributed by atoms with Gasteiger partial charge < -0.3 is 33.9 Å². The van der Waals surface area contributed by atoms with Crippen LogP contribution in [0.3, 0.4) is 0 Å². The maximum atomic E-state index is 12.6. The zero-order valence-electron chi connectivity index (χ0n) is 20.2. The predicted octanol–water partition coefficient (Wildman–Crippen LogP) is 3.34. The van der Waals surface area contributed by atoms with Crippen LogP contribution in [0.1, 0.15) is 34.6 Å². The Kier molecular flexibility index (Phi) is 10.3. The van der Waals surface area contributed by atoms with Crippen molar-refractivity contribution in [3.8, 4) is 11.5 Å². The molecule has 0 bridgehead atoms. The Balaban J connectivity index is 1.85. The van der Waals surface area contributed by atoms with Gasteiger partial charge in [-0.25, -0.2) is 9.59 Å². The summed E-state index contributed by atoms with van der Waals surface area (Å²) in [5.41, 5.74) is 0.653. The van der Waals surface area contributed by atoms with Crippen LogP contribution >= 0.6 is 0 Å². The highest BCUT2D eigenvalue weighted by Crippen LogP contribution is 2.26. The van der Waals surface area contributed by atoms with Crippen LogP contribution in [0.2, 0.25) is 0 Å². The van der Waals surface area contributed by atoms with Crippen molar-refractivity contribution < 1.29 is 33.3 Å². The molecule has 0 aromatic heterocycles. The number of nitrogens with zero attached hydrogens (tertiary/aromatic N) is 1. The molecule has 1 heterocycles. The molecule has 0 spiro atoms. The molecule has 9 heteroatoms. The quantitative estimate of drug-likeness (QED) is 0.394. The van der Waals surface area contributed by atoms with E-state index in [4.69, 9.17) is 23.7 Å². The third kappa shape index (κ3) is 8.49. The molecule has 1 aliphatic heterocycles. The van der Waals surface area contributed by atoms with Gasteiger partial charge in [-0.3, -0.25) is 0 Å². The van der Waals surface area contributed by atoms with Crippen LogP contribution in [0.25, 0.3) is 0 Å². The first-order valence-electron chi connectivity index (χ1n) is 11.3. The third-order valence-corrected chi connectivity index (χ3v) is 4.84. The van der Waals surface area contributed by atoms with E-state index in [2.05, 4.69) is 11.9 Å². The van der Waals surface area contributed by atoms with Crippen molar-refractivity contribution in [2.75, 3.05) is 32.9 Å². The Morgan fingerprint density at radius 2 is 1.85 bits per heavy atom. The SMILES string of the molecule is C=C(C)N[C@H](C(=O)OC(C)OC(=O)N1CCOC(COc2ccccc2OCC)C1)C(C)C. The number of carbonyl (C=O) groups is 2. The lowest BCUT2D eigenvalue weighted by Crippen LogP contribution is -2.49. The standard InChI is InChI=1S/C24H36N2O7/c1-7-29-20-10-8-9-11-21(20)31-15-19-14-26(12-13-30-19)24(28)33-18(6)32-23(27)22(16(2)3)25-17(4)5/h8-11,16,18-19,22,25H,4,7,12-15H2,1-3,5-6H3/t18?,19?,22-/m0/s1. The van der Waals surface area contributed by atoms with Crippen molar-refractivity contribution in [3.05, 3.63) is 36.5 Å². The summed E-state index contributed by atoms with van der Waals surface area (Å²) in [5, 5.41) is 2.99. The molecule has 0 radical (unpaired) electrons. The highest BCUT2D eigenvalue weighted by molar-refractivity contribution is 5.76. The minimum atomic E-state index is -1.03. The normalized spacial score (nSPS) is 17.6. The molecule has 9 nitrogen and oxygen atoms in total. The number of morpholine rings is 1. The summed E-state index contributed by atoms with van der Waals surface area (Å²) < 4.78 is 27.8. The molecule has 2 rings (SSSR count). The fraction of sp³-hybridized carbons (Fsp3) is 0.583. The third-order valence-electron chi connectivity index (χ3n) is 4.84. The van der Waals surface area contributed by atoms with Crippen LogP contribution in [0.15, 0.2) is 36.5 Å². The molecule has 33 heavy (non-hydrogen) atoms. The summed E-state index contributed by atoms with van der Waals surface area (Å²) in [7, 11) is 0. The summed E-state index contributed by atoms with van der Waals surface area (Å²) in [4.78, 5) is 26.6. The molecule has 1 N–H and O–H groups in total. The second-order valence-corrected chi connectivity index (χ2v) is 8.16. The lowest BCUT2D eigenvalue weighted by molar-refractivity contribution is -0.170. The smallest absolute Gasteiger partial charge is 0.413 e. The van der Waals surface area contributed by atoms with Crippen molar-refractivity contribution >= 4 is 12.1 Å². The van der Waals surface area contributed by atoms with Crippen molar-refractivity contribution in [2.24, 2.45) is 5.92 Å². The molecule has 1 aromatic carbocycles. The number of carbonyl (C=O) groups excluding carboxylic acids is 2. The van der Waals surface area contributed by atoms with Crippen LogP contribution in [0.4, 0.5) is 4.79 Å². The van der Waals surface area contributed by atoms with E-state index in [1.807, 2.05) is 45.0 Å². The largest absolute Gasteiger partial charge is 0.490 e. The van der Waals surface area contributed by atoms with Gasteiger partial charge in [0, 0.05) is 19.2 Å². The Morgan fingerprint density at radius 3 is 2.45 bits per heavy atom. The minimum absolute atomic E-state index is 0.0232. The zero-order valence-corrected chi connectivity index (χ0v) is 20.2. The first-order chi connectivity index (χ1) is 15.7. The number of esters is 1. The molecular formula is C24H36N2O7.